The van der Waals surface area contributed by atoms with Crippen LogP contribution in [-0.2, 0) is 0 Å². The van der Waals surface area contributed by atoms with Crippen molar-refractivity contribution >= 4 is 0 Å². The molecule has 1 saturated heterocycles. The molecule has 0 aliphatic carbocycles. The fourth-order valence-corrected chi connectivity index (χ4v) is 3.43. The molecular weight excluding hydrogens is 258 g/mol. The Labute approximate surface area is 133 Å². The molecule has 0 aromatic heterocycles. The molecule has 3 nitrogen and oxygen atoms in total. The van der Waals surface area contributed by atoms with E-state index >= 15 is 0 Å². The molecule has 0 atom stereocenters. The van der Waals surface area contributed by atoms with Crippen molar-refractivity contribution < 1.29 is 0 Å². The Morgan fingerprint density at radius 3 is 2.00 bits per heavy atom. The Balaban J connectivity index is 2.42. The van der Waals surface area contributed by atoms with E-state index in [1.165, 1.54) is 65.1 Å². The van der Waals surface area contributed by atoms with E-state index in [1.54, 1.807) is 0 Å². The quantitative estimate of drug-likeness (QED) is 0.625. The van der Waals surface area contributed by atoms with Crippen LogP contribution in [0.5, 0.6) is 0 Å². The first-order valence-electron chi connectivity index (χ1n) is 9.20. The fourth-order valence-electron chi connectivity index (χ4n) is 3.43. The summed E-state index contributed by atoms with van der Waals surface area (Å²) in [6, 6.07) is 0. The van der Waals surface area contributed by atoms with Gasteiger partial charge in [-0.1, -0.05) is 34.6 Å². The zero-order chi connectivity index (χ0) is 15.7. The molecule has 0 bridgehead atoms. The second-order valence-electron chi connectivity index (χ2n) is 7.35. The van der Waals surface area contributed by atoms with Gasteiger partial charge in [0.15, 0.2) is 0 Å². The minimum absolute atomic E-state index is 0.468. The van der Waals surface area contributed by atoms with E-state index in [2.05, 4.69) is 49.7 Å². The van der Waals surface area contributed by atoms with Crippen molar-refractivity contribution in [2.24, 2.45) is 11.3 Å². The minimum atomic E-state index is 0.468. The van der Waals surface area contributed by atoms with Crippen molar-refractivity contribution in [1.82, 2.24) is 15.1 Å². The van der Waals surface area contributed by atoms with E-state index in [1.807, 2.05) is 0 Å². The molecule has 1 fully saturated rings. The lowest BCUT2D eigenvalue weighted by molar-refractivity contribution is 0.0736. The van der Waals surface area contributed by atoms with E-state index in [0.717, 1.165) is 12.5 Å². The van der Waals surface area contributed by atoms with Crippen molar-refractivity contribution in [2.75, 3.05) is 52.4 Å². The van der Waals surface area contributed by atoms with Gasteiger partial charge in [0.25, 0.3) is 0 Å². The first kappa shape index (κ1) is 18.9. The summed E-state index contributed by atoms with van der Waals surface area (Å²) in [7, 11) is 0. The van der Waals surface area contributed by atoms with Gasteiger partial charge in [-0.25, -0.2) is 0 Å². The van der Waals surface area contributed by atoms with Gasteiger partial charge in [-0.05, 0) is 37.1 Å². The molecule has 1 aliphatic rings. The highest BCUT2D eigenvalue weighted by atomic mass is 15.3. The largest absolute Gasteiger partial charge is 0.316 e. The maximum atomic E-state index is 3.67. The summed E-state index contributed by atoms with van der Waals surface area (Å²) in [5.41, 5.74) is 0.468. The normalized spacial score (nSPS) is 18.6. The van der Waals surface area contributed by atoms with Crippen LogP contribution in [0.3, 0.4) is 0 Å². The third-order valence-electron chi connectivity index (χ3n) is 5.07. The maximum Gasteiger partial charge on any atom is 0.0110 e. The first-order chi connectivity index (χ1) is 10.0. The summed E-state index contributed by atoms with van der Waals surface area (Å²) < 4.78 is 0. The van der Waals surface area contributed by atoms with Crippen molar-refractivity contribution in [3.63, 3.8) is 0 Å². The zero-order valence-electron chi connectivity index (χ0n) is 15.2. The Kier molecular flexibility index (Phi) is 8.84. The van der Waals surface area contributed by atoms with Crippen molar-refractivity contribution in [3.05, 3.63) is 0 Å². The molecule has 0 aromatic rings. The van der Waals surface area contributed by atoms with Gasteiger partial charge in [-0.3, -0.25) is 0 Å². The highest BCUT2D eigenvalue weighted by Crippen LogP contribution is 2.27. The third kappa shape index (κ3) is 6.66. The van der Waals surface area contributed by atoms with Gasteiger partial charge in [-0.2, -0.15) is 0 Å². The second-order valence-corrected chi connectivity index (χ2v) is 7.35. The standard InChI is InChI=1S/C18H39N3/c1-6-9-19-15-18(7-2,8-3)16-21-12-10-20(11-13-21)14-17(4)5/h17,19H,6-16H2,1-5H3. The summed E-state index contributed by atoms with van der Waals surface area (Å²) >= 11 is 0. The van der Waals surface area contributed by atoms with Gasteiger partial charge < -0.3 is 15.1 Å². The molecule has 0 unspecified atom stereocenters. The molecule has 0 amide bonds. The molecule has 0 aromatic carbocycles. The summed E-state index contributed by atoms with van der Waals surface area (Å²) in [5, 5.41) is 3.67. The molecule has 126 valence electrons. The highest BCUT2D eigenvalue weighted by Gasteiger charge is 2.30. The van der Waals surface area contributed by atoms with Crippen LogP contribution >= 0.6 is 0 Å². The van der Waals surface area contributed by atoms with E-state index in [9.17, 15) is 0 Å². The second kappa shape index (κ2) is 9.81. The van der Waals surface area contributed by atoms with Gasteiger partial charge >= 0.3 is 0 Å². The van der Waals surface area contributed by atoms with Crippen molar-refractivity contribution in [3.8, 4) is 0 Å². The van der Waals surface area contributed by atoms with E-state index in [4.69, 9.17) is 0 Å². The van der Waals surface area contributed by atoms with Gasteiger partial charge in [-0.15, -0.1) is 0 Å². The predicted octanol–water partition coefficient (Wildman–Crippen LogP) is 3.07. The van der Waals surface area contributed by atoms with Crippen LogP contribution in [0.1, 0.15) is 53.9 Å². The van der Waals surface area contributed by atoms with Gasteiger partial charge in [0.05, 0.1) is 0 Å². The van der Waals surface area contributed by atoms with Crippen LogP contribution in [-0.4, -0.2) is 62.2 Å². The predicted molar refractivity (Wildman–Crippen MR) is 93.9 cm³/mol. The number of hydrogen-bond acceptors (Lipinski definition) is 3. The van der Waals surface area contributed by atoms with Crippen LogP contribution in [0, 0.1) is 11.3 Å². The van der Waals surface area contributed by atoms with Gasteiger partial charge in [0.1, 0.15) is 0 Å². The number of rotatable bonds is 10. The molecule has 1 aliphatic heterocycles. The van der Waals surface area contributed by atoms with Crippen LogP contribution in [0.2, 0.25) is 0 Å². The molecule has 1 rings (SSSR count). The van der Waals surface area contributed by atoms with Crippen LogP contribution < -0.4 is 5.32 Å². The molecule has 1 N–H and O–H groups in total. The average Bonchev–Trinajstić information content (AvgIpc) is 2.48. The molecule has 0 saturated carbocycles. The SMILES string of the molecule is CCCNCC(CC)(CC)CN1CCN(CC(C)C)CC1. The Bertz CT molecular complexity index is 253. The number of hydrogen-bond donors (Lipinski definition) is 1. The van der Waals surface area contributed by atoms with Crippen LogP contribution in [0.15, 0.2) is 0 Å². The summed E-state index contributed by atoms with van der Waals surface area (Å²) in [5.74, 6) is 0.792. The van der Waals surface area contributed by atoms with E-state index < -0.39 is 0 Å². The Morgan fingerprint density at radius 1 is 0.952 bits per heavy atom. The topological polar surface area (TPSA) is 18.5 Å². The highest BCUT2D eigenvalue weighted by molar-refractivity contribution is 4.85. The number of piperazine rings is 1. The van der Waals surface area contributed by atoms with E-state index in [0.29, 0.717) is 5.41 Å². The molecule has 21 heavy (non-hydrogen) atoms. The van der Waals surface area contributed by atoms with Crippen molar-refractivity contribution in [2.45, 2.75) is 53.9 Å². The zero-order valence-corrected chi connectivity index (χ0v) is 15.2. The number of nitrogens with one attached hydrogen (secondary N) is 1. The molecule has 1 heterocycles. The molecule has 0 radical (unpaired) electrons. The van der Waals surface area contributed by atoms with Gasteiger partial charge in [0, 0.05) is 45.8 Å². The summed E-state index contributed by atoms with van der Waals surface area (Å²) in [6.07, 6.45) is 3.80. The monoisotopic (exact) mass is 297 g/mol. The lowest BCUT2D eigenvalue weighted by Crippen LogP contribution is -2.52. The maximum absolute atomic E-state index is 3.67. The number of nitrogens with zero attached hydrogens (tertiary/aromatic N) is 2. The van der Waals surface area contributed by atoms with Gasteiger partial charge in [0.2, 0.25) is 0 Å². The van der Waals surface area contributed by atoms with E-state index in [-0.39, 0.29) is 0 Å². The minimum Gasteiger partial charge on any atom is -0.316 e. The van der Waals surface area contributed by atoms with Crippen LogP contribution in [0.4, 0.5) is 0 Å². The Hall–Kier alpha value is -0.120. The molecule has 0 spiro atoms. The average molecular weight is 298 g/mol. The molecular formula is C18H39N3. The lowest BCUT2D eigenvalue weighted by Gasteiger charge is -2.42. The van der Waals surface area contributed by atoms with Crippen molar-refractivity contribution in [1.29, 1.82) is 0 Å². The molecule has 3 heteroatoms. The van der Waals surface area contributed by atoms with Crippen LogP contribution in [0.25, 0.3) is 0 Å². The lowest BCUT2D eigenvalue weighted by atomic mass is 9.81. The summed E-state index contributed by atoms with van der Waals surface area (Å²) in [6.45, 7) is 21.5. The fraction of sp³-hybridized carbons (Fsp3) is 1.00. The Morgan fingerprint density at radius 2 is 1.52 bits per heavy atom. The third-order valence-corrected chi connectivity index (χ3v) is 5.07. The smallest absolute Gasteiger partial charge is 0.0110 e. The summed E-state index contributed by atoms with van der Waals surface area (Å²) in [4.78, 5) is 5.34. The first-order valence-corrected chi connectivity index (χ1v) is 9.20.